The van der Waals surface area contributed by atoms with Crippen molar-refractivity contribution in [3.63, 3.8) is 0 Å². The molecule has 1 N–H and O–H groups in total. The van der Waals surface area contributed by atoms with Crippen LogP contribution in [0.2, 0.25) is 0 Å². The van der Waals surface area contributed by atoms with Gasteiger partial charge in [-0.25, -0.2) is 0 Å². The number of nitrogens with one attached hydrogen (secondary N) is 1. The third kappa shape index (κ3) is 1.59. The fourth-order valence-corrected chi connectivity index (χ4v) is 3.67. The molecule has 3 fully saturated rings. The maximum atomic E-state index is 11.9. The van der Waals surface area contributed by atoms with Crippen LogP contribution >= 0.6 is 22.9 Å². The quantitative estimate of drug-likeness (QED) is 0.531. The molecule has 15 heavy (non-hydrogen) atoms. The van der Waals surface area contributed by atoms with E-state index in [1.807, 2.05) is 3.11 Å². The molecule has 0 radical (unpaired) electrons. The van der Waals surface area contributed by atoms with E-state index in [1.165, 1.54) is 0 Å². The predicted molar refractivity (Wildman–Crippen MR) is 63.6 cm³/mol. The van der Waals surface area contributed by atoms with Crippen LogP contribution in [0.1, 0.15) is 25.7 Å². The van der Waals surface area contributed by atoms with Gasteiger partial charge in [0.05, 0.1) is 35.0 Å². The number of rotatable bonds is 0. The highest BCUT2D eigenvalue weighted by molar-refractivity contribution is 14.1. The Hall–Kier alpha value is 0.120. The number of piperidine rings is 1. The second-order valence-electron chi connectivity index (χ2n) is 4.85. The number of halogens is 1. The summed E-state index contributed by atoms with van der Waals surface area (Å²) in [5.74, 6) is 0.187. The van der Waals surface area contributed by atoms with Crippen molar-refractivity contribution in [2.24, 2.45) is 0 Å². The predicted octanol–water partition coefficient (Wildman–Crippen LogP) is 0.850. The Kier molecular flexibility index (Phi) is 2.27. The minimum atomic E-state index is -0.420. The molecule has 3 aliphatic rings. The summed E-state index contributed by atoms with van der Waals surface area (Å²) in [5.41, 5.74) is -0.479. The number of amides is 1. The Morgan fingerprint density at radius 1 is 1.27 bits per heavy atom. The van der Waals surface area contributed by atoms with E-state index in [2.05, 4.69) is 28.2 Å². The molecule has 2 heterocycles. The van der Waals surface area contributed by atoms with Gasteiger partial charge in [-0.05, 0) is 38.8 Å². The highest BCUT2D eigenvalue weighted by Crippen LogP contribution is 2.50. The van der Waals surface area contributed by atoms with Crippen molar-refractivity contribution in [3.8, 4) is 0 Å². The maximum absolute atomic E-state index is 11.9. The number of morpholine rings is 1. The Balaban J connectivity index is 1.84. The zero-order valence-corrected chi connectivity index (χ0v) is 10.7. The summed E-state index contributed by atoms with van der Waals surface area (Å²) in [6.07, 6.45) is 3.89. The van der Waals surface area contributed by atoms with E-state index < -0.39 is 5.60 Å². The lowest BCUT2D eigenvalue weighted by Gasteiger charge is -2.46. The van der Waals surface area contributed by atoms with Crippen LogP contribution in [0.15, 0.2) is 0 Å². The normalized spacial score (nSPS) is 32.3. The fraction of sp³-hybridized carbons (Fsp3) is 0.900. The third-order valence-corrected chi connectivity index (χ3v) is 4.45. The Labute approximate surface area is 103 Å². The Morgan fingerprint density at radius 3 is 2.53 bits per heavy atom. The molecular weight excluding hydrogens is 307 g/mol. The number of hydrogen-bond donors (Lipinski definition) is 1. The summed E-state index contributed by atoms with van der Waals surface area (Å²) in [4.78, 5) is 11.9. The van der Waals surface area contributed by atoms with E-state index in [4.69, 9.17) is 4.74 Å². The molecule has 5 heteroatoms. The molecule has 1 saturated carbocycles. The second-order valence-corrected chi connectivity index (χ2v) is 6.02. The van der Waals surface area contributed by atoms with Gasteiger partial charge >= 0.3 is 0 Å². The van der Waals surface area contributed by atoms with Crippen molar-refractivity contribution in [3.05, 3.63) is 0 Å². The summed E-state index contributed by atoms with van der Waals surface area (Å²) in [6.45, 7) is 2.78. The van der Waals surface area contributed by atoms with Crippen molar-refractivity contribution in [1.82, 2.24) is 8.43 Å². The summed E-state index contributed by atoms with van der Waals surface area (Å²) in [5, 5.41) is 3.34. The van der Waals surface area contributed by atoms with Gasteiger partial charge in [-0.2, -0.15) is 0 Å². The standard InChI is InChI=1S/C10H15IN2O2/c11-13-7-9(3-5-12-6-4-9)15-10(1-2-10)8(13)14/h12H,1-7H2. The molecule has 0 aromatic heterocycles. The van der Waals surface area contributed by atoms with Gasteiger partial charge in [0.15, 0.2) is 0 Å². The van der Waals surface area contributed by atoms with Gasteiger partial charge in [0.25, 0.3) is 5.91 Å². The van der Waals surface area contributed by atoms with Crippen LogP contribution in [-0.2, 0) is 9.53 Å². The van der Waals surface area contributed by atoms with Crippen molar-refractivity contribution in [2.75, 3.05) is 19.6 Å². The molecule has 0 aromatic rings. The summed E-state index contributed by atoms with van der Waals surface area (Å²) >= 11 is 2.14. The van der Waals surface area contributed by atoms with Gasteiger partial charge in [0.1, 0.15) is 5.60 Å². The first-order chi connectivity index (χ1) is 7.16. The first-order valence-corrected chi connectivity index (χ1v) is 6.51. The summed E-state index contributed by atoms with van der Waals surface area (Å²) in [7, 11) is 0. The van der Waals surface area contributed by atoms with Crippen LogP contribution in [0, 0.1) is 0 Å². The Morgan fingerprint density at radius 2 is 1.93 bits per heavy atom. The zero-order valence-electron chi connectivity index (χ0n) is 8.59. The molecule has 0 bridgehead atoms. The van der Waals surface area contributed by atoms with Gasteiger partial charge in [-0.15, -0.1) is 0 Å². The van der Waals surface area contributed by atoms with E-state index in [9.17, 15) is 4.79 Å². The fourth-order valence-electron chi connectivity index (χ4n) is 2.61. The smallest absolute Gasteiger partial charge is 0.263 e. The van der Waals surface area contributed by atoms with Gasteiger partial charge in [0, 0.05) is 0 Å². The van der Waals surface area contributed by atoms with Crippen LogP contribution in [0.5, 0.6) is 0 Å². The summed E-state index contributed by atoms with van der Waals surface area (Å²) in [6, 6.07) is 0. The highest BCUT2D eigenvalue weighted by atomic mass is 127. The van der Waals surface area contributed by atoms with Crippen molar-refractivity contribution in [2.45, 2.75) is 36.9 Å². The first kappa shape index (κ1) is 10.3. The van der Waals surface area contributed by atoms with E-state index in [-0.39, 0.29) is 11.5 Å². The lowest BCUT2D eigenvalue weighted by Crippen LogP contribution is -2.60. The average molecular weight is 322 g/mol. The highest BCUT2D eigenvalue weighted by Gasteiger charge is 2.61. The molecule has 2 aliphatic heterocycles. The van der Waals surface area contributed by atoms with Crippen LogP contribution in [0.4, 0.5) is 0 Å². The van der Waals surface area contributed by atoms with Crippen LogP contribution in [-0.4, -0.2) is 39.9 Å². The number of nitrogens with zero attached hydrogens (tertiary/aromatic N) is 1. The average Bonchev–Trinajstić information content (AvgIpc) is 2.97. The van der Waals surface area contributed by atoms with Gasteiger partial charge in [0.2, 0.25) is 0 Å². The van der Waals surface area contributed by atoms with E-state index in [1.54, 1.807) is 0 Å². The lowest BCUT2D eigenvalue weighted by atomic mass is 9.90. The van der Waals surface area contributed by atoms with E-state index in [0.717, 1.165) is 45.3 Å². The molecule has 0 atom stereocenters. The molecule has 84 valence electrons. The monoisotopic (exact) mass is 322 g/mol. The maximum Gasteiger partial charge on any atom is 0.263 e. The minimum absolute atomic E-state index is 0.0587. The van der Waals surface area contributed by atoms with Gasteiger partial charge < -0.3 is 10.1 Å². The lowest BCUT2D eigenvalue weighted by molar-refractivity contribution is -0.183. The molecule has 0 unspecified atom stereocenters. The molecule has 2 saturated heterocycles. The van der Waals surface area contributed by atoms with Crippen LogP contribution < -0.4 is 5.32 Å². The zero-order chi connectivity index (χ0) is 10.5. The van der Waals surface area contributed by atoms with Crippen molar-refractivity contribution in [1.29, 1.82) is 0 Å². The number of hydrogen-bond acceptors (Lipinski definition) is 3. The minimum Gasteiger partial charge on any atom is -0.357 e. The first-order valence-electron chi connectivity index (χ1n) is 5.55. The molecule has 1 aliphatic carbocycles. The SMILES string of the molecule is O=C1N(I)CC2(CCNCC2)OC12CC2. The summed E-state index contributed by atoms with van der Waals surface area (Å²) < 4.78 is 8.01. The van der Waals surface area contributed by atoms with Crippen LogP contribution in [0.3, 0.4) is 0 Å². The number of ether oxygens (including phenoxy) is 1. The van der Waals surface area contributed by atoms with Gasteiger partial charge in [-0.1, -0.05) is 0 Å². The molecule has 2 spiro atoms. The van der Waals surface area contributed by atoms with Crippen molar-refractivity contribution >= 4 is 28.8 Å². The Bertz CT molecular complexity index is 298. The number of carbonyl (C=O) groups is 1. The molecule has 4 nitrogen and oxygen atoms in total. The second kappa shape index (κ2) is 3.30. The van der Waals surface area contributed by atoms with E-state index >= 15 is 0 Å². The third-order valence-electron chi connectivity index (χ3n) is 3.67. The topological polar surface area (TPSA) is 41.6 Å². The van der Waals surface area contributed by atoms with Crippen LogP contribution in [0.25, 0.3) is 0 Å². The van der Waals surface area contributed by atoms with Crippen molar-refractivity contribution < 1.29 is 9.53 Å². The molecule has 1 amide bonds. The molecule has 0 aromatic carbocycles. The number of carbonyl (C=O) groups excluding carboxylic acids is 1. The molecule has 3 rings (SSSR count). The van der Waals surface area contributed by atoms with E-state index in [0.29, 0.717) is 0 Å². The molecular formula is C10H15IN2O2. The van der Waals surface area contributed by atoms with Gasteiger partial charge in [-0.3, -0.25) is 7.91 Å². The largest absolute Gasteiger partial charge is 0.357 e.